The molecule has 3 rings (SSSR count). The zero-order chi connectivity index (χ0) is 17.2. The van der Waals surface area contributed by atoms with E-state index in [9.17, 15) is 13.2 Å². The molecule has 8 nitrogen and oxygen atoms in total. The number of amides is 1. The van der Waals surface area contributed by atoms with E-state index >= 15 is 0 Å². The first kappa shape index (κ1) is 16.3. The first-order valence-electron chi connectivity index (χ1n) is 7.31. The summed E-state index contributed by atoms with van der Waals surface area (Å²) < 4.78 is 27.9. The van der Waals surface area contributed by atoms with E-state index in [1.54, 1.807) is 37.7 Å². The Bertz CT molecular complexity index is 861. The van der Waals surface area contributed by atoms with Crippen LogP contribution in [0.3, 0.4) is 0 Å². The number of hydrogen-bond acceptors (Lipinski definition) is 7. The molecule has 0 bridgehead atoms. The lowest BCUT2D eigenvalue weighted by Gasteiger charge is -2.16. The zero-order valence-electron chi connectivity index (χ0n) is 13.0. The van der Waals surface area contributed by atoms with Gasteiger partial charge in [-0.3, -0.25) is 9.78 Å². The molecule has 1 aliphatic rings. The average molecular weight is 348 g/mol. The molecule has 0 radical (unpaired) electrons. The average Bonchev–Trinajstić information content (AvgIpc) is 3.14. The highest BCUT2D eigenvalue weighted by Gasteiger charge is 2.25. The molecule has 0 saturated carbocycles. The van der Waals surface area contributed by atoms with E-state index in [0.29, 0.717) is 11.7 Å². The van der Waals surface area contributed by atoms with E-state index in [0.717, 1.165) is 5.56 Å². The van der Waals surface area contributed by atoms with Gasteiger partial charge in [-0.15, -0.1) is 0 Å². The van der Waals surface area contributed by atoms with Gasteiger partial charge in [-0.1, -0.05) is 11.2 Å². The fraction of sp³-hybridized carbons (Fsp3) is 0.333. The number of carbonyl (C=O) groups excluding carboxylic acids is 1. The molecule has 3 heterocycles. The predicted molar refractivity (Wildman–Crippen MR) is 85.0 cm³/mol. The van der Waals surface area contributed by atoms with Gasteiger partial charge in [0, 0.05) is 42.8 Å². The molecule has 1 amide bonds. The van der Waals surface area contributed by atoms with Crippen LogP contribution in [0.25, 0.3) is 11.4 Å². The van der Waals surface area contributed by atoms with Crippen LogP contribution in [0.2, 0.25) is 0 Å². The second kappa shape index (κ2) is 6.52. The largest absolute Gasteiger partial charge is 0.337 e. The van der Waals surface area contributed by atoms with Crippen LogP contribution in [0.4, 0.5) is 0 Å². The third-order valence-electron chi connectivity index (χ3n) is 3.65. The maximum Gasteiger partial charge on any atom is 0.246 e. The van der Waals surface area contributed by atoms with E-state index in [-0.39, 0.29) is 30.5 Å². The van der Waals surface area contributed by atoms with Gasteiger partial charge in [0.05, 0.1) is 12.3 Å². The van der Waals surface area contributed by atoms with Crippen molar-refractivity contribution in [1.29, 1.82) is 0 Å². The van der Waals surface area contributed by atoms with Crippen molar-refractivity contribution in [2.75, 3.05) is 12.8 Å². The van der Waals surface area contributed by atoms with E-state index in [1.165, 1.54) is 10.3 Å². The highest BCUT2D eigenvalue weighted by molar-refractivity contribution is 7.94. The van der Waals surface area contributed by atoms with Crippen LogP contribution < -0.4 is 0 Å². The molecule has 0 unspecified atom stereocenters. The lowest BCUT2D eigenvalue weighted by Crippen LogP contribution is -2.28. The monoisotopic (exact) mass is 348 g/mol. The van der Waals surface area contributed by atoms with Crippen molar-refractivity contribution in [3.63, 3.8) is 0 Å². The number of aromatic nitrogens is 3. The van der Waals surface area contributed by atoms with Crippen molar-refractivity contribution in [2.24, 2.45) is 5.92 Å². The highest BCUT2D eigenvalue weighted by atomic mass is 32.2. The topological polar surface area (TPSA) is 106 Å². The van der Waals surface area contributed by atoms with Crippen molar-refractivity contribution >= 4 is 15.7 Å². The Hall–Kier alpha value is -2.55. The second-order valence-electron chi connectivity index (χ2n) is 5.62. The quantitative estimate of drug-likeness (QED) is 0.794. The molecule has 2 aromatic heterocycles. The Kier molecular flexibility index (Phi) is 4.43. The lowest BCUT2D eigenvalue weighted by atomic mass is 10.1. The van der Waals surface area contributed by atoms with Crippen molar-refractivity contribution in [2.45, 2.75) is 13.0 Å². The van der Waals surface area contributed by atoms with Crippen LogP contribution in [-0.4, -0.2) is 47.2 Å². The van der Waals surface area contributed by atoms with E-state index in [1.807, 2.05) is 0 Å². The summed E-state index contributed by atoms with van der Waals surface area (Å²) in [5.74, 6) is 0.273. The number of rotatable bonds is 5. The van der Waals surface area contributed by atoms with Gasteiger partial charge in [0.2, 0.25) is 17.6 Å². The van der Waals surface area contributed by atoms with Gasteiger partial charge in [-0.2, -0.15) is 4.98 Å². The minimum absolute atomic E-state index is 0.0146. The molecule has 0 aliphatic carbocycles. The molecule has 0 saturated heterocycles. The van der Waals surface area contributed by atoms with Crippen molar-refractivity contribution in [3.8, 4) is 11.4 Å². The molecular weight excluding hydrogens is 332 g/mol. The summed E-state index contributed by atoms with van der Waals surface area (Å²) in [4.78, 5) is 21.8. The Morgan fingerprint density at radius 3 is 2.79 bits per heavy atom. The van der Waals surface area contributed by atoms with Crippen LogP contribution in [0.5, 0.6) is 0 Å². The summed E-state index contributed by atoms with van der Waals surface area (Å²) in [5.41, 5.74) is 0.773. The number of carbonyl (C=O) groups is 1. The number of pyridine rings is 1. The SMILES string of the molecule is CN(Cc1nc(-c2ccncc2)no1)C(=O)C[C@H]1C=CS(=O)(=O)C1. The molecule has 0 N–H and O–H groups in total. The number of sulfone groups is 1. The smallest absolute Gasteiger partial charge is 0.246 e. The van der Waals surface area contributed by atoms with Crippen molar-refractivity contribution in [3.05, 3.63) is 41.9 Å². The normalized spacial score (nSPS) is 18.6. The van der Waals surface area contributed by atoms with E-state index in [2.05, 4.69) is 15.1 Å². The Balaban J connectivity index is 1.59. The molecule has 0 aromatic carbocycles. The summed E-state index contributed by atoms with van der Waals surface area (Å²) >= 11 is 0. The van der Waals surface area contributed by atoms with Gasteiger partial charge < -0.3 is 9.42 Å². The molecule has 1 atom stereocenters. The maximum absolute atomic E-state index is 12.2. The number of nitrogens with zero attached hydrogens (tertiary/aromatic N) is 4. The maximum atomic E-state index is 12.2. The molecule has 0 fully saturated rings. The minimum atomic E-state index is -3.15. The van der Waals surface area contributed by atoms with Crippen molar-refractivity contribution < 1.29 is 17.7 Å². The van der Waals surface area contributed by atoms with Crippen LogP contribution in [0, 0.1) is 5.92 Å². The van der Waals surface area contributed by atoms with Crippen molar-refractivity contribution in [1.82, 2.24) is 20.0 Å². The molecular formula is C15H16N4O4S. The Labute approximate surface area is 139 Å². The first-order valence-corrected chi connectivity index (χ1v) is 9.02. The van der Waals surface area contributed by atoms with Crippen LogP contribution >= 0.6 is 0 Å². The minimum Gasteiger partial charge on any atom is -0.337 e. The first-order chi connectivity index (χ1) is 11.4. The summed E-state index contributed by atoms with van der Waals surface area (Å²) in [6.45, 7) is 0.167. The van der Waals surface area contributed by atoms with E-state index < -0.39 is 9.84 Å². The summed E-state index contributed by atoms with van der Waals surface area (Å²) in [7, 11) is -1.53. The molecule has 9 heteroatoms. The van der Waals surface area contributed by atoms with Gasteiger partial charge in [0.15, 0.2) is 9.84 Å². The summed E-state index contributed by atoms with van der Waals surface area (Å²) in [6, 6.07) is 3.52. The second-order valence-corrected chi connectivity index (χ2v) is 7.55. The standard InChI is InChI=1S/C15H16N4O4S/c1-19(14(20)8-11-4-7-24(21,22)10-11)9-13-17-15(18-23-13)12-2-5-16-6-3-12/h2-7,11H,8-10H2,1H3/t11-/m1/s1. The predicted octanol–water partition coefficient (Wildman–Crippen LogP) is 1.04. The number of allylic oxidation sites excluding steroid dienone is 1. The van der Waals surface area contributed by atoms with Crippen LogP contribution in [0.15, 0.2) is 40.5 Å². The third kappa shape index (κ3) is 3.85. The molecule has 1 aliphatic heterocycles. The van der Waals surface area contributed by atoms with Gasteiger partial charge in [-0.05, 0) is 12.1 Å². The van der Waals surface area contributed by atoms with Gasteiger partial charge >= 0.3 is 0 Å². The zero-order valence-corrected chi connectivity index (χ0v) is 13.8. The molecule has 24 heavy (non-hydrogen) atoms. The van der Waals surface area contributed by atoms with Gasteiger partial charge in [-0.25, -0.2) is 8.42 Å². The fourth-order valence-electron chi connectivity index (χ4n) is 2.38. The molecule has 126 valence electrons. The van der Waals surface area contributed by atoms with Gasteiger partial charge in [0.25, 0.3) is 0 Å². The molecule has 0 spiro atoms. The highest BCUT2D eigenvalue weighted by Crippen LogP contribution is 2.20. The Morgan fingerprint density at radius 1 is 1.38 bits per heavy atom. The van der Waals surface area contributed by atoms with Crippen LogP contribution in [-0.2, 0) is 21.2 Å². The summed E-state index contributed by atoms with van der Waals surface area (Å²) in [5, 5.41) is 5.05. The third-order valence-corrected chi connectivity index (χ3v) is 5.11. The van der Waals surface area contributed by atoms with Gasteiger partial charge in [0.1, 0.15) is 0 Å². The molecule has 2 aromatic rings. The van der Waals surface area contributed by atoms with E-state index in [4.69, 9.17) is 4.52 Å². The lowest BCUT2D eigenvalue weighted by molar-refractivity contribution is -0.131. The fourth-order valence-corrected chi connectivity index (χ4v) is 3.77. The summed E-state index contributed by atoms with van der Waals surface area (Å²) in [6.07, 6.45) is 4.96. The number of hydrogen-bond donors (Lipinski definition) is 0. The van der Waals surface area contributed by atoms with Crippen LogP contribution in [0.1, 0.15) is 12.3 Å². The Morgan fingerprint density at radius 2 is 2.12 bits per heavy atom.